The second kappa shape index (κ2) is 6.56. The van der Waals surface area contributed by atoms with Gasteiger partial charge in [-0.15, -0.1) is 0 Å². The van der Waals surface area contributed by atoms with Crippen molar-refractivity contribution < 1.29 is 19.3 Å². The van der Waals surface area contributed by atoms with Gasteiger partial charge < -0.3 is 9.57 Å². The van der Waals surface area contributed by atoms with Crippen LogP contribution >= 0.6 is 0 Å². The number of aryl methyl sites for hydroxylation is 1. The predicted octanol–water partition coefficient (Wildman–Crippen LogP) is 3.26. The van der Waals surface area contributed by atoms with Gasteiger partial charge in [-0.1, -0.05) is 29.4 Å². The van der Waals surface area contributed by atoms with Crippen molar-refractivity contribution in [2.75, 3.05) is 7.11 Å². The van der Waals surface area contributed by atoms with Crippen molar-refractivity contribution >= 4 is 23.4 Å². The fraction of sp³-hybridized carbons (Fsp3) is 0.111. The molecule has 0 aromatic heterocycles. The molecule has 126 valence electrons. The minimum atomic E-state index is -0.603. The molecule has 0 unspecified atom stereocenters. The maximum absolute atomic E-state index is 12.0. The molecule has 7 nitrogen and oxygen atoms in total. The van der Waals surface area contributed by atoms with Crippen molar-refractivity contribution in [2.45, 2.75) is 6.92 Å². The van der Waals surface area contributed by atoms with Crippen LogP contribution in [0, 0.1) is 17.0 Å². The quantitative estimate of drug-likeness (QED) is 0.369. The Bertz CT molecular complexity index is 914. The number of oxime groups is 1. The van der Waals surface area contributed by atoms with E-state index in [0.29, 0.717) is 16.9 Å². The Hall–Kier alpha value is -3.48. The summed E-state index contributed by atoms with van der Waals surface area (Å²) >= 11 is 0. The van der Waals surface area contributed by atoms with Crippen LogP contribution in [0.1, 0.15) is 16.7 Å². The summed E-state index contributed by atoms with van der Waals surface area (Å²) in [5, 5.41) is 14.9. The highest BCUT2D eigenvalue weighted by atomic mass is 16.7. The summed E-state index contributed by atoms with van der Waals surface area (Å²) in [6.45, 7) is 1.65. The van der Waals surface area contributed by atoms with E-state index in [0.717, 1.165) is 5.56 Å². The molecule has 0 saturated heterocycles. The van der Waals surface area contributed by atoms with Crippen LogP contribution in [0.5, 0.6) is 5.75 Å². The van der Waals surface area contributed by atoms with E-state index in [-0.39, 0.29) is 17.0 Å². The zero-order valence-electron chi connectivity index (χ0n) is 13.6. The van der Waals surface area contributed by atoms with Gasteiger partial charge in [-0.3, -0.25) is 10.1 Å². The van der Waals surface area contributed by atoms with Crippen LogP contribution in [0.15, 0.2) is 53.2 Å². The van der Waals surface area contributed by atoms with Crippen molar-refractivity contribution in [2.24, 2.45) is 5.16 Å². The Labute approximate surface area is 143 Å². The van der Waals surface area contributed by atoms with Gasteiger partial charge in [-0.25, -0.2) is 4.79 Å². The first-order valence-corrected chi connectivity index (χ1v) is 7.40. The maximum atomic E-state index is 12.0. The predicted molar refractivity (Wildman–Crippen MR) is 91.4 cm³/mol. The van der Waals surface area contributed by atoms with Gasteiger partial charge in [-0.05, 0) is 30.7 Å². The van der Waals surface area contributed by atoms with Gasteiger partial charge in [0.15, 0.2) is 0 Å². The molecule has 0 saturated carbocycles. The molecule has 2 aromatic rings. The van der Waals surface area contributed by atoms with Gasteiger partial charge >= 0.3 is 5.97 Å². The van der Waals surface area contributed by atoms with Crippen molar-refractivity contribution in [3.05, 3.63) is 74.8 Å². The molecular formula is C18H14N2O5. The molecule has 7 heteroatoms. The molecule has 25 heavy (non-hydrogen) atoms. The third-order valence-electron chi connectivity index (χ3n) is 3.80. The molecule has 0 bridgehead atoms. The van der Waals surface area contributed by atoms with Crippen molar-refractivity contribution in [3.63, 3.8) is 0 Å². The molecule has 0 aliphatic carbocycles. The maximum Gasteiger partial charge on any atom is 0.368 e. The molecule has 0 radical (unpaired) electrons. The molecule has 0 atom stereocenters. The number of carbonyl (C=O) groups is 1. The van der Waals surface area contributed by atoms with Gasteiger partial charge in [0, 0.05) is 17.2 Å². The highest BCUT2D eigenvalue weighted by molar-refractivity contribution is 6.31. The lowest BCUT2D eigenvalue weighted by Gasteiger charge is -2.04. The van der Waals surface area contributed by atoms with Gasteiger partial charge in [0.1, 0.15) is 11.5 Å². The van der Waals surface area contributed by atoms with Crippen LogP contribution in [-0.4, -0.2) is 23.7 Å². The minimum Gasteiger partial charge on any atom is -0.497 e. The van der Waals surface area contributed by atoms with E-state index in [1.165, 1.54) is 6.07 Å². The molecule has 0 spiro atoms. The number of nitrogens with zero attached hydrogens (tertiary/aromatic N) is 2. The van der Waals surface area contributed by atoms with Gasteiger partial charge in [0.05, 0.1) is 17.6 Å². The standard InChI is InChI=1S/C18H14N2O5/c1-11-3-6-13(10-16(11)20(22)23)17-15(18(21)25-19-17)9-12-4-7-14(24-2)8-5-12/h3-10H,1-2H3/b15-9-. The van der Waals surface area contributed by atoms with Gasteiger partial charge in [0.2, 0.25) is 0 Å². The average molecular weight is 338 g/mol. The Kier molecular flexibility index (Phi) is 4.30. The lowest BCUT2D eigenvalue weighted by molar-refractivity contribution is -0.385. The number of ether oxygens (including phenoxy) is 1. The zero-order valence-corrected chi connectivity index (χ0v) is 13.6. The van der Waals surface area contributed by atoms with Crippen LogP contribution in [0.2, 0.25) is 0 Å². The zero-order chi connectivity index (χ0) is 18.0. The smallest absolute Gasteiger partial charge is 0.368 e. The summed E-state index contributed by atoms with van der Waals surface area (Å²) in [6, 6.07) is 11.8. The third-order valence-corrected chi connectivity index (χ3v) is 3.80. The number of nitro groups is 1. The number of nitro benzene ring substituents is 1. The van der Waals surface area contributed by atoms with E-state index in [2.05, 4.69) is 5.16 Å². The van der Waals surface area contributed by atoms with Crippen LogP contribution < -0.4 is 4.74 Å². The number of hydrogen-bond donors (Lipinski definition) is 0. The van der Waals surface area contributed by atoms with Gasteiger partial charge in [-0.2, -0.15) is 0 Å². The number of carbonyl (C=O) groups excluding carboxylic acids is 1. The molecule has 3 rings (SSSR count). The number of benzene rings is 2. The molecule has 1 aliphatic heterocycles. The summed E-state index contributed by atoms with van der Waals surface area (Å²) < 4.78 is 5.10. The Balaban J connectivity index is 2.01. The molecule has 1 heterocycles. The van der Waals surface area contributed by atoms with E-state index in [1.807, 2.05) is 0 Å². The molecule has 0 amide bonds. The van der Waals surface area contributed by atoms with Crippen LogP contribution in [0.25, 0.3) is 6.08 Å². The molecule has 0 N–H and O–H groups in total. The highest BCUT2D eigenvalue weighted by Crippen LogP contribution is 2.26. The topological polar surface area (TPSA) is 91.0 Å². The third kappa shape index (κ3) is 3.25. The monoisotopic (exact) mass is 338 g/mol. The van der Waals surface area contributed by atoms with E-state index < -0.39 is 10.9 Å². The number of rotatable bonds is 4. The summed E-state index contributed by atoms with van der Waals surface area (Å²) in [5.41, 5.74) is 2.20. The van der Waals surface area contributed by atoms with E-state index >= 15 is 0 Å². The lowest BCUT2D eigenvalue weighted by Crippen LogP contribution is -2.07. The van der Waals surface area contributed by atoms with Crippen LogP contribution in [0.4, 0.5) is 5.69 Å². The Morgan fingerprint density at radius 3 is 2.56 bits per heavy atom. The second-order valence-corrected chi connectivity index (χ2v) is 5.41. The minimum absolute atomic E-state index is 0.0386. The fourth-order valence-electron chi connectivity index (χ4n) is 2.44. The molecule has 1 aliphatic rings. The van der Waals surface area contributed by atoms with E-state index in [4.69, 9.17) is 9.57 Å². The van der Waals surface area contributed by atoms with Crippen molar-refractivity contribution in [1.29, 1.82) is 0 Å². The Morgan fingerprint density at radius 1 is 1.20 bits per heavy atom. The first-order valence-electron chi connectivity index (χ1n) is 7.40. The van der Waals surface area contributed by atoms with E-state index in [1.54, 1.807) is 56.5 Å². The Morgan fingerprint density at radius 2 is 1.92 bits per heavy atom. The summed E-state index contributed by atoms with van der Waals surface area (Å²) in [6.07, 6.45) is 1.62. The summed E-state index contributed by atoms with van der Waals surface area (Å²) in [7, 11) is 1.57. The molecule has 2 aromatic carbocycles. The first-order chi connectivity index (χ1) is 12.0. The highest BCUT2D eigenvalue weighted by Gasteiger charge is 2.28. The van der Waals surface area contributed by atoms with Crippen molar-refractivity contribution in [3.8, 4) is 5.75 Å². The summed E-state index contributed by atoms with van der Waals surface area (Å²) in [5.74, 6) is 0.0910. The number of hydrogen-bond acceptors (Lipinski definition) is 6. The summed E-state index contributed by atoms with van der Waals surface area (Å²) in [4.78, 5) is 27.4. The van der Waals surface area contributed by atoms with Crippen LogP contribution in [0.3, 0.4) is 0 Å². The fourth-order valence-corrected chi connectivity index (χ4v) is 2.44. The lowest BCUT2D eigenvalue weighted by atomic mass is 9.99. The number of methoxy groups -OCH3 is 1. The van der Waals surface area contributed by atoms with Gasteiger partial charge in [0.25, 0.3) is 5.69 Å². The van der Waals surface area contributed by atoms with Crippen LogP contribution in [-0.2, 0) is 9.63 Å². The molecular weight excluding hydrogens is 324 g/mol. The van der Waals surface area contributed by atoms with E-state index in [9.17, 15) is 14.9 Å². The SMILES string of the molecule is COc1ccc(/C=C2\C(=O)ON=C2c2ccc(C)c([N+](=O)[O-])c2)cc1. The largest absolute Gasteiger partial charge is 0.497 e. The normalized spacial score (nSPS) is 15.0. The van der Waals surface area contributed by atoms with Crippen molar-refractivity contribution in [1.82, 2.24) is 0 Å². The second-order valence-electron chi connectivity index (χ2n) is 5.41. The first kappa shape index (κ1) is 16.4. The molecule has 0 fully saturated rings. The average Bonchev–Trinajstić information content (AvgIpc) is 2.96.